The van der Waals surface area contributed by atoms with Gasteiger partial charge in [-0.25, -0.2) is 9.07 Å². The van der Waals surface area contributed by atoms with Gasteiger partial charge in [0.05, 0.1) is 12.7 Å². The van der Waals surface area contributed by atoms with Gasteiger partial charge in [-0.3, -0.25) is 4.79 Å². The monoisotopic (exact) mass is 463 g/mol. The molecule has 3 fully saturated rings. The highest BCUT2D eigenvalue weighted by Crippen LogP contribution is 2.68. The molecule has 0 aliphatic heterocycles. The topological polar surface area (TPSA) is 68.0 Å². The van der Waals surface area contributed by atoms with E-state index in [2.05, 4.69) is 24.2 Å². The first-order chi connectivity index (χ1) is 16.3. The molecule has 4 aliphatic rings. The van der Waals surface area contributed by atoms with Crippen molar-refractivity contribution in [2.75, 3.05) is 0 Å². The third-order valence-corrected chi connectivity index (χ3v) is 10.0. The van der Waals surface area contributed by atoms with Crippen LogP contribution in [0.4, 0.5) is 4.39 Å². The predicted molar refractivity (Wildman–Crippen MR) is 126 cm³/mol. The first-order valence-electron chi connectivity index (χ1n) is 12.9. The number of aliphatic hydroxyl groups is 1. The van der Waals surface area contributed by atoms with Crippen molar-refractivity contribution in [1.82, 2.24) is 15.0 Å². The number of allylic oxidation sites excluding steroid dienone is 1. The van der Waals surface area contributed by atoms with Gasteiger partial charge in [0.1, 0.15) is 17.1 Å². The lowest BCUT2D eigenvalue weighted by molar-refractivity contribution is -0.134. The highest BCUT2D eigenvalue weighted by molar-refractivity contribution is 5.91. The molecule has 2 aromatic rings. The number of carbonyl (C=O) groups is 1. The fourth-order valence-electron chi connectivity index (χ4n) is 8.37. The minimum atomic E-state index is -0.984. The lowest BCUT2D eigenvalue weighted by atomic mass is 9.48. The first kappa shape index (κ1) is 22.1. The summed E-state index contributed by atoms with van der Waals surface area (Å²) >= 11 is 0. The van der Waals surface area contributed by atoms with Crippen LogP contribution in [-0.2, 0) is 16.9 Å². The Labute approximate surface area is 200 Å². The van der Waals surface area contributed by atoms with E-state index in [0.29, 0.717) is 60.5 Å². The summed E-state index contributed by atoms with van der Waals surface area (Å²) in [6.45, 7) is 5.14. The molecule has 4 aliphatic carbocycles. The fraction of sp³-hybridized carbons (Fsp3) is 0.607. The van der Waals surface area contributed by atoms with Gasteiger partial charge in [0.2, 0.25) is 0 Å². The zero-order chi connectivity index (χ0) is 23.7. The molecule has 1 N–H and O–H groups in total. The van der Waals surface area contributed by atoms with Gasteiger partial charge in [-0.05, 0) is 91.9 Å². The Morgan fingerprint density at radius 2 is 1.97 bits per heavy atom. The lowest BCUT2D eigenvalue weighted by Gasteiger charge is -2.57. The molecule has 0 bridgehead atoms. The smallest absolute Gasteiger partial charge is 0.155 e. The van der Waals surface area contributed by atoms with E-state index in [4.69, 9.17) is 0 Å². The summed E-state index contributed by atoms with van der Waals surface area (Å²) < 4.78 is 15.0. The van der Waals surface area contributed by atoms with Crippen molar-refractivity contribution in [3.05, 3.63) is 59.2 Å². The third-order valence-electron chi connectivity index (χ3n) is 10.0. The number of fused-ring (bicyclic) bond motifs is 5. The Morgan fingerprint density at radius 1 is 1.18 bits per heavy atom. The predicted octanol–water partition coefficient (Wildman–Crippen LogP) is 5.04. The average molecular weight is 464 g/mol. The molecule has 0 radical (unpaired) electrons. The molecular weight excluding hydrogens is 429 g/mol. The van der Waals surface area contributed by atoms with E-state index in [-0.39, 0.29) is 11.2 Å². The van der Waals surface area contributed by atoms with Crippen molar-refractivity contribution >= 4 is 5.78 Å². The molecule has 0 spiro atoms. The summed E-state index contributed by atoms with van der Waals surface area (Å²) in [5.74, 6) is 2.78. The van der Waals surface area contributed by atoms with Crippen molar-refractivity contribution in [2.45, 2.75) is 70.9 Å². The largest absolute Gasteiger partial charge is 0.383 e. The van der Waals surface area contributed by atoms with Crippen LogP contribution in [0.1, 0.15) is 70.1 Å². The first-order valence-corrected chi connectivity index (χ1v) is 12.9. The summed E-state index contributed by atoms with van der Waals surface area (Å²) in [7, 11) is 0. The Morgan fingerprint density at radius 3 is 2.76 bits per heavy atom. The number of ketones is 1. The maximum Gasteiger partial charge on any atom is 0.155 e. The van der Waals surface area contributed by atoms with E-state index < -0.39 is 5.60 Å². The number of rotatable bonds is 3. The van der Waals surface area contributed by atoms with E-state index in [0.717, 1.165) is 37.7 Å². The summed E-state index contributed by atoms with van der Waals surface area (Å²) in [4.78, 5) is 12.1. The number of benzene rings is 1. The minimum Gasteiger partial charge on any atom is -0.383 e. The summed E-state index contributed by atoms with van der Waals surface area (Å²) in [5, 5.41) is 20.9. The lowest BCUT2D eigenvalue weighted by Crippen LogP contribution is -2.53. The second-order valence-electron chi connectivity index (χ2n) is 11.6. The summed E-state index contributed by atoms with van der Waals surface area (Å²) in [6, 6.07) is 6.42. The number of nitrogens with zero attached hydrogens (tertiary/aromatic N) is 3. The van der Waals surface area contributed by atoms with Gasteiger partial charge in [-0.1, -0.05) is 36.8 Å². The molecule has 3 saturated carbocycles. The molecule has 7 atom stereocenters. The molecule has 5 unspecified atom stereocenters. The van der Waals surface area contributed by atoms with Crippen molar-refractivity contribution in [1.29, 1.82) is 0 Å². The summed E-state index contributed by atoms with van der Waals surface area (Å²) in [6.07, 6.45) is 10.4. The number of carbonyl (C=O) groups excluding carboxylic acids is 1. The zero-order valence-corrected chi connectivity index (χ0v) is 20.1. The highest BCUT2D eigenvalue weighted by Gasteiger charge is 2.64. The molecule has 1 heterocycles. The van der Waals surface area contributed by atoms with Crippen LogP contribution in [0.2, 0.25) is 0 Å². The van der Waals surface area contributed by atoms with E-state index >= 15 is 0 Å². The molecule has 5 nitrogen and oxygen atoms in total. The summed E-state index contributed by atoms with van der Waals surface area (Å²) in [5.41, 5.74) is 1.80. The number of halogens is 1. The second kappa shape index (κ2) is 7.84. The molecule has 1 aromatic carbocycles. The van der Waals surface area contributed by atoms with E-state index in [1.807, 2.05) is 12.3 Å². The van der Waals surface area contributed by atoms with Gasteiger partial charge < -0.3 is 5.11 Å². The highest BCUT2D eigenvalue weighted by atomic mass is 19.1. The zero-order valence-electron chi connectivity index (χ0n) is 20.1. The average Bonchev–Trinajstić information content (AvgIpc) is 3.38. The van der Waals surface area contributed by atoms with Gasteiger partial charge >= 0.3 is 0 Å². The van der Waals surface area contributed by atoms with Crippen molar-refractivity contribution in [2.24, 2.45) is 35.0 Å². The Balaban J connectivity index is 1.27. The second-order valence-corrected chi connectivity index (χ2v) is 11.6. The van der Waals surface area contributed by atoms with Gasteiger partial charge in [0.15, 0.2) is 5.78 Å². The normalized spacial score (nSPS) is 39.2. The van der Waals surface area contributed by atoms with Gasteiger partial charge in [0, 0.05) is 11.8 Å². The maximum absolute atomic E-state index is 13.3. The van der Waals surface area contributed by atoms with Crippen LogP contribution in [0.5, 0.6) is 0 Å². The van der Waals surface area contributed by atoms with E-state index in [1.165, 1.54) is 17.7 Å². The molecular formula is C28H34FN3O2. The Kier molecular flexibility index (Phi) is 5.11. The minimum absolute atomic E-state index is 0.231. The molecule has 1 aromatic heterocycles. The van der Waals surface area contributed by atoms with Gasteiger partial charge in [-0.2, -0.15) is 0 Å². The number of aromatic nitrogens is 3. The van der Waals surface area contributed by atoms with Gasteiger partial charge in [0.25, 0.3) is 0 Å². The van der Waals surface area contributed by atoms with Crippen molar-refractivity contribution in [3.63, 3.8) is 0 Å². The standard InChI is InChI=1S/C28H34FN3O2/c1-17-13-19-14-21(33)7-8-22(19)23-9-11-27(2)24(26(17)23)10-12-28(27,34)25-16-32(31-30-25)15-18-3-5-20(29)6-4-18/h3-6,14,16-17,22-24,26,34H,7-13,15H2,1-2H3/t17?,22?,23?,24?,26?,27-,28+/m0/s1. The van der Waals surface area contributed by atoms with E-state index in [1.54, 1.807) is 16.8 Å². The van der Waals surface area contributed by atoms with Gasteiger partial charge in [-0.15, -0.1) is 5.10 Å². The molecule has 34 heavy (non-hydrogen) atoms. The van der Waals surface area contributed by atoms with Crippen LogP contribution >= 0.6 is 0 Å². The third kappa shape index (κ3) is 3.24. The fourth-order valence-corrected chi connectivity index (χ4v) is 8.37. The van der Waals surface area contributed by atoms with Crippen molar-refractivity contribution in [3.8, 4) is 0 Å². The van der Waals surface area contributed by atoms with Crippen molar-refractivity contribution < 1.29 is 14.3 Å². The number of hydrogen-bond donors (Lipinski definition) is 1. The quantitative estimate of drug-likeness (QED) is 0.692. The van der Waals surface area contributed by atoms with E-state index in [9.17, 15) is 14.3 Å². The van der Waals surface area contributed by atoms with Crippen LogP contribution < -0.4 is 0 Å². The molecule has 6 rings (SSSR count). The molecule has 0 amide bonds. The molecule has 180 valence electrons. The van der Waals surface area contributed by atoms with Crippen LogP contribution in [0.15, 0.2) is 42.1 Å². The molecule has 0 saturated heterocycles. The van der Waals surface area contributed by atoms with Crippen LogP contribution in [-0.4, -0.2) is 25.9 Å². The molecule has 6 heteroatoms. The Bertz CT molecular complexity index is 1140. The SMILES string of the molecule is CC1CC2=CC(=O)CCC2C2CC[C@@]3(C)C(CC[C@@]3(O)c3cn(Cc4ccc(F)cc4)nn3)C12. The Hall–Kier alpha value is -2.34. The van der Waals surface area contributed by atoms with Crippen LogP contribution in [0, 0.1) is 40.8 Å². The van der Waals surface area contributed by atoms with Crippen LogP contribution in [0.3, 0.4) is 0 Å². The maximum atomic E-state index is 13.3. The van der Waals surface area contributed by atoms with Crippen LogP contribution in [0.25, 0.3) is 0 Å². The number of hydrogen-bond acceptors (Lipinski definition) is 4.